The van der Waals surface area contributed by atoms with E-state index in [2.05, 4.69) is 27.5 Å². The first-order valence-electron chi connectivity index (χ1n) is 10.2. The average molecular weight is 428 g/mol. The molecule has 2 heterocycles. The van der Waals surface area contributed by atoms with E-state index in [1.54, 1.807) is 37.3 Å². The number of anilines is 1. The van der Waals surface area contributed by atoms with Gasteiger partial charge >= 0.3 is 0 Å². The molecule has 1 aromatic carbocycles. The smallest absolute Gasteiger partial charge is 0.275 e. The van der Waals surface area contributed by atoms with Crippen molar-refractivity contribution in [2.75, 3.05) is 39.2 Å². The molecule has 31 heavy (non-hydrogen) atoms. The van der Waals surface area contributed by atoms with Crippen molar-refractivity contribution < 1.29 is 19.1 Å². The largest absolute Gasteiger partial charge is 0.491 e. The average Bonchev–Trinajstić information content (AvgIpc) is 2.79. The molecule has 1 aliphatic rings. The minimum absolute atomic E-state index is 0.0936. The van der Waals surface area contributed by atoms with Crippen LogP contribution in [0.4, 0.5) is 5.69 Å². The van der Waals surface area contributed by atoms with Gasteiger partial charge in [-0.25, -0.2) is 4.98 Å². The van der Waals surface area contributed by atoms with Crippen LogP contribution in [-0.4, -0.2) is 72.7 Å². The Morgan fingerprint density at radius 2 is 2.13 bits per heavy atom. The Morgan fingerprint density at radius 1 is 1.32 bits per heavy atom. The number of nitrogens with one attached hydrogen (secondary N) is 2. The summed E-state index contributed by atoms with van der Waals surface area (Å²) < 4.78 is 11.6. The lowest BCUT2D eigenvalue weighted by Crippen LogP contribution is -2.44. The number of nitrogens with zero attached hydrogens (tertiary/aromatic N) is 3. The molecule has 0 saturated heterocycles. The van der Waals surface area contributed by atoms with Gasteiger partial charge in [0.05, 0.1) is 17.9 Å². The molecule has 166 valence electrons. The van der Waals surface area contributed by atoms with Gasteiger partial charge in [0.1, 0.15) is 18.1 Å². The minimum Gasteiger partial charge on any atom is -0.491 e. The van der Waals surface area contributed by atoms with E-state index in [1.807, 2.05) is 6.92 Å². The molecule has 0 radical (unpaired) electrons. The zero-order valence-corrected chi connectivity index (χ0v) is 18.3. The SMILES string of the molecule is CO[C@H]1CN(C)C(=O)c2cc(NC(=O)c3cnccn3)ccc2OC[C@H](C)NC[C@@H]1C. The van der Waals surface area contributed by atoms with Crippen LogP contribution in [0, 0.1) is 5.92 Å². The predicted octanol–water partition coefficient (Wildman–Crippen LogP) is 1.82. The van der Waals surface area contributed by atoms with Crippen molar-refractivity contribution in [3.8, 4) is 5.75 Å². The van der Waals surface area contributed by atoms with E-state index in [9.17, 15) is 9.59 Å². The molecule has 0 unspecified atom stereocenters. The van der Waals surface area contributed by atoms with E-state index in [0.717, 1.165) is 6.54 Å². The summed E-state index contributed by atoms with van der Waals surface area (Å²) in [5.74, 6) is 0.0554. The molecule has 0 bridgehead atoms. The molecule has 0 saturated carbocycles. The highest BCUT2D eigenvalue weighted by Gasteiger charge is 2.25. The lowest BCUT2D eigenvalue weighted by Gasteiger charge is -2.30. The van der Waals surface area contributed by atoms with Crippen LogP contribution in [0.5, 0.6) is 5.75 Å². The first-order chi connectivity index (χ1) is 14.9. The van der Waals surface area contributed by atoms with Crippen molar-refractivity contribution in [1.29, 1.82) is 0 Å². The van der Waals surface area contributed by atoms with Crippen molar-refractivity contribution in [1.82, 2.24) is 20.2 Å². The van der Waals surface area contributed by atoms with Gasteiger partial charge in [-0.05, 0) is 31.0 Å². The van der Waals surface area contributed by atoms with Gasteiger partial charge < -0.3 is 25.0 Å². The third kappa shape index (κ3) is 5.77. The summed E-state index contributed by atoms with van der Waals surface area (Å²) >= 11 is 0. The summed E-state index contributed by atoms with van der Waals surface area (Å²) in [4.78, 5) is 35.2. The molecule has 2 N–H and O–H groups in total. The van der Waals surface area contributed by atoms with Gasteiger partial charge in [0.2, 0.25) is 0 Å². The number of likely N-dealkylation sites (N-methyl/N-ethyl adjacent to an activating group) is 1. The summed E-state index contributed by atoms with van der Waals surface area (Å²) in [7, 11) is 3.39. The fraction of sp³-hybridized carbons (Fsp3) is 0.455. The number of aromatic nitrogens is 2. The van der Waals surface area contributed by atoms with Gasteiger partial charge in [-0.1, -0.05) is 6.92 Å². The van der Waals surface area contributed by atoms with E-state index in [1.165, 1.54) is 18.6 Å². The Labute approximate surface area is 182 Å². The van der Waals surface area contributed by atoms with E-state index < -0.39 is 5.91 Å². The maximum Gasteiger partial charge on any atom is 0.275 e. The normalized spacial score (nSPS) is 22.5. The topological polar surface area (TPSA) is 106 Å². The second kappa shape index (κ2) is 10.3. The monoisotopic (exact) mass is 427 g/mol. The number of fused-ring (bicyclic) bond motifs is 1. The van der Waals surface area contributed by atoms with Crippen LogP contribution in [-0.2, 0) is 4.74 Å². The molecule has 0 aliphatic carbocycles. The Kier molecular flexibility index (Phi) is 7.54. The lowest BCUT2D eigenvalue weighted by atomic mass is 10.0. The molecule has 3 rings (SSSR count). The Balaban J connectivity index is 1.88. The molecule has 1 aromatic heterocycles. The van der Waals surface area contributed by atoms with Gasteiger partial charge in [0.15, 0.2) is 0 Å². The second-order valence-corrected chi connectivity index (χ2v) is 7.81. The van der Waals surface area contributed by atoms with Crippen molar-refractivity contribution in [3.05, 3.63) is 48.0 Å². The number of amides is 2. The number of benzene rings is 1. The molecule has 2 aromatic rings. The highest BCUT2D eigenvalue weighted by Crippen LogP contribution is 2.26. The fourth-order valence-corrected chi connectivity index (χ4v) is 3.35. The zero-order chi connectivity index (χ0) is 22.4. The number of methoxy groups -OCH3 is 1. The number of rotatable bonds is 3. The summed E-state index contributed by atoms with van der Waals surface area (Å²) in [6, 6.07) is 5.11. The summed E-state index contributed by atoms with van der Waals surface area (Å²) in [6.45, 7) is 5.71. The van der Waals surface area contributed by atoms with Gasteiger partial charge in [0.25, 0.3) is 11.8 Å². The van der Waals surface area contributed by atoms with E-state index in [4.69, 9.17) is 9.47 Å². The molecular weight excluding hydrogens is 398 g/mol. The lowest BCUT2D eigenvalue weighted by molar-refractivity contribution is 0.0281. The Hall–Kier alpha value is -3.04. The molecule has 0 fully saturated rings. The molecule has 3 atom stereocenters. The number of ether oxygens (including phenoxy) is 2. The summed E-state index contributed by atoms with van der Waals surface area (Å²) in [5, 5.41) is 6.21. The van der Waals surface area contributed by atoms with Crippen LogP contribution in [0.3, 0.4) is 0 Å². The van der Waals surface area contributed by atoms with E-state index >= 15 is 0 Å². The Bertz CT molecular complexity index is 908. The van der Waals surface area contributed by atoms with Gasteiger partial charge in [-0.2, -0.15) is 0 Å². The molecular formula is C22H29N5O4. The van der Waals surface area contributed by atoms with Crippen LogP contribution in [0.25, 0.3) is 0 Å². The van der Waals surface area contributed by atoms with Crippen LogP contribution < -0.4 is 15.4 Å². The number of hydrogen-bond acceptors (Lipinski definition) is 7. The fourth-order valence-electron chi connectivity index (χ4n) is 3.35. The van der Waals surface area contributed by atoms with Crippen LogP contribution >= 0.6 is 0 Å². The third-order valence-electron chi connectivity index (χ3n) is 5.28. The standard InChI is InChI=1S/C22H29N5O4/c1-14-10-25-15(2)13-31-19-6-5-16(26-21(28)18-11-23-7-8-24-18)9-17(19)22(29)27(3)12-20(14)30-4/h5-9,11,14-15,20,25H,10,12-13H2,1-4H3,(H,26,28)/t14-,15-,20-/m0/s1. The van der Waals surface area contributed by atoms with Gasteiger partial charge in [-0.3, -0.25) is 14.6 Å². The first kappa shape index (κ1) is 22.6. The highest BCUT2D eigenvalue weighted by atomic mass is 16.5. The van der Waals surface area contributed by atoms with Crippen LogP contribution in [0.2, 0.25) is 0 Å². The van der Waals surface area contributed by atoms with E-state index in [-0.39, 0.29) is 29.7 Å². The van der Waals surface area contributed by atoms with Gasteiger partial charge in [0, 0.05) is 51.4 Å². The summed E-state index contributed by atoms with van der Waals surface area (Å²) in [6.07, 6.45) is 4.21. The molecule has 1 aliphatic heterocycles. The molecule has 9 nitrogen and oxygen atoms in total. The Morgan fingerprint density at radius 3 is 2.84 bits per heavy atom. The minimum atomic E-state index is -0.408. The maximum atomic E-state index is 13.2. The van der Waals surface area contributed by atoms with Gasteiger partial charge in [-0.15, -0.1) is 0 Å². The zero-order valence-electron chi connectivity index (χ0n) is 18.3. The maximum absolute atomic E-state index is 13.2. The van der Waals surface area contributed by atoms with Crippen molar-refractivity contribution >= 4 is 17.5 Å². The molecule has 9 heteroatoms. The quantitative estimate of drug-likeness (QED) is 0.770. The molecule has 2 amide bonds. The van der Waals surface area contributed by atoms with Crippen LogP contribution in [0.15, 0.2) is 36.8 Å². The number of carbonyl (C=O) groups is 2. The summed E-state index contributed by atoms with van der Waals surface area (Å²) in [5.41, 5.74) is 1.02. The second-order valence-electron chi connectivity index (χ2n) is 7.81. The number of carbonyl (C=O) groups excluding carboxylic acids is 2. The van der Waals surface area contributed by atoms with E-state index in [0.29, 0.717) is 30.2 Å². The predicted molar refractivity (Wildman–Crippen MR) is 116 cm³/mol. The number of hydrogen-bond donors (Lipinski definition) is 2. The van der Waals surface area contributed by atoms with Crippen molar-refractivity contribution in [3.63, 3.8) is 0 Å². The van der Waals surface area contributed by atoms with Crippen LogP contribution in [0.1, 0.15) is 34.7 Å². The first-order valence-corrected chi connectivity index (χ1v) is 10.2. The third-order valence-corrected chi connectivity index (χ3v) is 5.28. The highest BCUT2D eigenvalue weighted by molar-refractivity contribution is 6.04. The molecule has 0 spiro atoms. The van der Waals surface area contributed by atoms with Crippen molar-refractivity contribution in [2.45, 2.75) is 26.0 Å². The van der Waals surface area contributed by atoms with Crippen molar-refractivity contribution in [2.24, 2.45) is 5.92 Å².